The van der Waals surface area contributed by atoms with Crippen LogP contribution < -0.4 is 5.32 Å². The number of nitrogens with zero attached hydrogens (tertiary/aromatic N) is 1. The van der Waals surface area contributed by atoms with Gasteiger partial charge in [0.1, 0.15) is 11.4 Å². The maximum Gasteiger partial charge on any atom is 0.325 e. The molecule has 0 spiro atoms. The van der Waals surface area contributed by atoms with Crippen molar-refractivity contribution in [3.63, 3.8) is 0 Å². The van der Waals surface area contributed by atoms with Crippen LogP contribution >= 0.6 is 11.3 Å². The van der Waals surface area contributed by atoms with Gasteiger partial charge in [-0.25, -0.2) is 8.42 Å². The van der Waals surface area contributed by atoms with Crippen molar-refractivity contribution < 1.29 is 18.3 Å². The first-order valence-corrected chi connectivity index (χ1v) is 12.1. The Balaban J connectivity index is 1.70. The van der Waals surface area contributed by atoms with Gasteiger partial charge >= 0.3 is 5.97 Å². The number of rotatable bonds is 8. The molecule has 2 aromatic heterocycles. The zero-order valence-corrected chi connectivity index (χ0v) is 18.0. The average Bonchev–Trinajstić information content (AvgIpc) is 3.22. The van der Waals surface area contributed by atoms with Crippen molar-refractivity contribution >= 4 is 37.2 Å². The Kier molecular flexibility index (Phi) is 6.13. The quantitative estimate of drug-likeness (QED) is 0.413. The molecule has 4 aromatic rings. The van der Waals surface area contributed by atoms with E-state index in [9.17, 15) is 18.3 Å². The molecule has 0 aliphatic carbocycles. The molecular weight excluding hydrogens is 432 g/mol. The number of aromatic nitrogens is 1. The maximum absolute atomic E-state index is 13.5. The van der Waals surface area contributed by atoms with E-state index in [0.29, 0.717) is 16.7 Å². The smallest absolute Gasteiger partial charge is 0.325 e. The van der Waals surface area contributed by atoms with Crippen molar-refractivity contribution in [1.29, 1.82) is 0 Å². The van der Waals surface area contributed by atoms with Crippen molar-refractivity contribution in [2.75, 3.05) is 0 Å². The number of sulfone groups is 1. The second-order valence-corrected chi connectivity index (χ2v) is 10.1. The summed E-state index contributed by atoms with van der Waals surface area (Å²) in [5, 5.41) is 14.4. The number of benzene rings is 2. The number of nitrogens with one attached hydrogen (secondary N) is 1. The normalized spacial score (nSPS) is 13.7. The highest BCUT2D eigenvalue weighted by atomic mass is 32.2. The van der Waals surface area contributed by atoms with Crippen LogP contribution in [0.25, 0.3) is 10.1 Å². The Morgan fingerprint density at radius 3 is 2.52 bits per heavy atom. The molecule has 158 valence electrons. The predicted molar refractivity (Wildman–Crippen MR) is 121 cm³/mol. The number of pyridine rings is 1. The van der Waals surface area contributed by atoms with Gasteiger partial charge in [0, 0.05) is 22.7 Å². The van der Waals surface area contributed by atoms with Gasteiger partial charge in [0.25, 0.3) is 0 Å². The fourth-order valence-electron chi connectivity index (χ4n) is 3.47. The lowest BCUT2D eigenvalue weighted by Crippen LogP contribution is -2.36. The number of fused-ring (bicyclic) bond motifs is 1. The molecule has 8 heteroatoms. The third-order valence-electron chi connectivity index (χ3n) is 4.93. The Labute approximate surface area is 184 Å². The Bertz CT molecular complexity index is 1290. The lowest BCUT2D eigenvalue weighted by Gasteiger charge is -2.24. The van der Waals surface area contributed by atoms with Crippen molar-refractivity contribution in [3.8, 4) is 0 Å². The van der Waals surface area contributed by atoms with Crippen LogP contribution in [0.15, 0.2) is 84.5 Å². The van der Waals surface area contributed by atoms with Gasteiger partial charge in [-0.3, -0.25) is 15.1 Å². The summed E-state index contributed by atoms with van der Waals surface area (Å²) >= 11 is 1.59. The van der Waals surface area contributed by atoms with Gasteiger partial charge in [-0.2, -0.15) is 0 Å². The summed E-state index contributed by atoms with van der Waals surface area (Å²) in [5.74, 6) is -1.39. The summed E-state index contributed by atoms with van der Waals surface area (Å²) in [6.45, 7) is 0. The zero-order valence-electron chi connectivity index (χ0n) is 16.4. The van der Waals surface area contributed by atoms with Gasteiger partial charge in [-0.1, -0.05) is 42.5 Å². The maximum atomic E-state index is 13.5. The van der Waals surface area contributed by atoms with Crippen LogP contribution in [-0.4, -0.2) is 24.5 Å². The lowest BCUT2D eigenvalue weighted by molar-refractivity contribution is -0.139. The van der Waals surface area contributed by atoms with Crippen molar-refractivity contribution in [2.24, 2.45) is 0 Å². The second-order valence-electron chi connectivity index (χ2n) is 7.11. The van der Waals surface area contributed by atoms with E-state index < -0.39 is 27.2 Å². The molecule has 0 saturated carbocycles. The summed E-state index contributed by atoms with van der Waals surface area (Å²) < 4.78 is 28.0. The highest BCUT2D eigenvalue weighted by molar-refractivity contribution is 7.90. The fourth-order valence-corrected chi connectivity index (χ4v) is 5.95. The van der Waals surface area contributed by atoms with E-state index in [2.05, 4.69) is 10.3 Å². The monoisotopic (exact) mass is 452 g/mol. The van der Waals surface area contributed by atoms with Gasteiger partial charge in [-0.05, 0) is 46.2 Å². The van der Waals surface area contributed by atoms with Crippen LogP contribution in [0.4, 0.5) is 0 Å². The fraction of sp³-hybridized carbons (Fsp3) is 0.130. The van der Waals surface area contributed by atoms with Crippen LogP contribution in [0.3, 0.4) is 0 Å². The molecule has 2 aromatic carbocycles. The molecule has 2 atom stereocenters. The van der Waals surface area contributed by atoms with Crippen LogP contribution in [-0.2, 0) is 20.4 Å². The minimum Gasteiger partial charge on any atom is -0.480 e. The number of hydrogen-bond acceptors (Lipinski definition) is 6. The summed E-state index contributed by atoms with van der Waals surface area (Å²) in [6.07, 6.45) is 2.99. The van der Waals surface area contributed by atoms with Gasteiger partial charge in [0.15, 0.2) is 9.84 Å². The first kappa shape index (κ1) is 21.2. The van der Waals surface area contributed by atoms with E-state index in [1.807, 2.05) is 23.6 Å². The van der Waals surface area contributed by atoms with Crippen molar-refractivity contribution in [2.45, 2.75) is 17.2 Å². The summed E-state index contributed by atoms with van der Waals surface area (Å²) in [7, 11) is -3.83. The predicted octanol–water partition coefficient (Wildman–Crippen LogP) is 4.33. The van der Waals surface area contributed by atoms with E-state index in [0.717, 1.165) is 10.1 Å². The van der Waals surface area contributed by atoms with Gasteiger partial charge in [-0.15, -0.1) is 11.3 Å². The highest BCUT2D eigenvalue weighted by Crippen LogP contribution is 2.29. The number of carbonyl (C=O) groups is 1. The number of thiophene rings is 1. The van der Waals surface area contributed by atoms with E-state index in [-0.39, 0.29) is 5.75 Å². The van der Waals surface area contributed by atoms with Gasteiger partial charge in [0.05, 0.1) is 5.75 Å². The van der Waals surface area contributed by atoms with Gasteiger partial charge < -0.3 is 5.11 Å². The van der Waals surface area contributed by atoms with E-state index in [1.54, 1.807) is 66.1 Å². The summed E-state index contributed by atoms with van der Waals surface area (Å²) in [4.78, 5) is 16.0. The molecule has 0 saturated heterocycles. The second kappa shape index (κ2) is 8.97. The van der Waals surface area contributed by atoms with E-state index in [1.165, 1.54) is 6.20 Å². The minimum atomic E-state index is -3.83. The number of aliphatic carboxylic acids is 1. The third-order valence-corrected chi connectivity index (χ3v) is 7.69. The zero-order chi connectivity index (χ0) is 21.8. The molecule has 0 amide bonds. The first-order valence-electron chi connectivity index (χ1n) is 9.55. The highest BCUT2D eigenvalue weighted by Gasteiger charge is 2.33. The van der Waals surface area contributed by atoms with Gasteiger partial charge in [0.2, 0.25) is 0 Å². The van der Waals surface area contributed by atoms with Crippen molar-refractivity contribution in [3.05, 3.63) is 101 Å². The number of hydrogen-bond donors (Lipinski definition) is 2. The largest absolute Gasteiger partial charge is 0.480 e. The third kappa shape index (κ3) is 4.82. The molecule has 0 aliphatic heterocycles. The Hall–Kier alpha value is -3.07. The molecule has 0 radical (unpaired) electrons. The molecule has 2 heterocycles. The number of carboxylic acids is 1. The Morgan fingerprint density at radius 1 is 1.03 bits per heavy atom. The van der Waals surface area contributed by atoms with Crippen LogP contribution in [0.2, 0.25) is 0 Å². The Morgan fingerprint density at radius 2 is 1.81 bits per heavy atom. The van der Waals surface area contributed by atoms with Crippen molar-refractivity contribution in [1.82, 2.24) is 10.3 Å². The molecule has 0 aliphatic rings. The molecular formula is C23H20N2O4S2. The standard InChI is InChI=1S/C23H20N2O4S2/c26-23(27)21(17-5-2-1-3-6-17)25-22(19-7-4-11-24-14-19)31(28,29)15-16-8-9-20-18(13-16)10-12-30-20/h1-14,21-22,25H,15H2,(H,26,27). The summed E-state index contributed by atoms with van der Waals surface area (Å²) in [6, 6.07) is 18.1. The lowest BCUT2D eigenvalue weighted by atomic mass is 10.1. The minimum absolute atomic E-state index is 0.230. The van der Waals surface area contributed by atoms with E-state index >= 15 is 0 Å². The topological polar surface area (TPSA) is 96.4 Å². The van der Waals surface area contributed by atoms with Crippen LogP contribution in [0.1, 0.15) is 28.1 Å². The molecule has 0 bridgehead atoms. The average molecular weight is 453 g/mol. The molecule has 6 nitrogen and oxygen atoms in total. The summed E-state index contributed by atoms with van der Waals surface area (Å²) in [5.41, 5.74) is 1.51. The SMILES string of the molecule is O=C(O)C(NC(c1cccnc1)S(=O)(=O)Cc1ccc2sccc2c1)c1ccccc1. The van der Waals surface area contributed by atoms with E-state index in [4.69, 9.17) is 0 Å². The molecule has 2 unspecified atom stereocenters. The first-order chi connectivity index (χ1) is 14.9. The molecule has 4 rings (SSSR count). The molecule has 2 N–H and O–H groups in total. The van der Waals surface area contributed by atoms with Crippen LogP contribution in [0.5, 0.6) is 0 Å². The number of carboxylic acid groups (broad SMARTS) is 1. The molecule has 0 fully saturated rings. The molecule has 31 heavy (non-hydrogen) atoms. The van der Waals surface area contributed by atoms with Crippen LogP contribution in [0, 0.1) is 0 Å².